The van der Waals surface area contributed by atoms with E-state index in [2.05, 4.69) is 0 Å². The summed E-state index contributed by atoms with van der Waals surface area (Å²) in [6.07, 6.45) is 0. The van der Waals surface area contributed by atoms with E-state index in [0.717, 1.165) is 11.3 Å². The number of thiophene rings is 1. The van der Waals surface area contributed by atoms with Crippen molar-refractivity contribution in [3.8, 4) is 0 Å². The lowest BCUT2D eigenvalue weighted by molar-refractivity contribution is 0.292. The molecule has 0 amide bonds. The molecular formula is C9H17N3O2S2. The minimum absolute atomic E-state index is 0.113. The average Bonchev–Trinajstić information content (AvgIpc) is 2.45. The lowest BCUT2D eigenvalue weighted by Gasteiger charge is -2.30. The molecule has 16 heavy (non-hydrogen) atoms. The molecule has 92 valence electrons. The van der Waals surface area contributed by atoms with E-state index in [-0.39, 0.29) is 9.90 Å². The Kier molecular flexibility index (Phi) is 3.24. The SMILES string of the molecule is CN(C(C)(C)C)S(=O)(=O)c1scc(N)c1N. The van der Waals surface area contributed by atoms with E-state index in [4.69, 9.17) is 11.5 Å². The van der Waals surface area contributed by atoms with E-state index in [1.165, 1.54) is 11.4 Å². The monoisotopic (exact) mass is 263 g/mol. The number of anilines is 2. The van der Waals surface area contributed by atoms with Gasteiger partial charge in [0.15, 0.2) is 4.21 Å². The number of rotatable bonds is 2. The Hall–Kier alpha value is -0.790. The Bertz CT molecular complexity index is 485. The second-order valence-electron chi connectivity index (χ2n) is 4.54. The van der Waals surface area contributed by atoms with Gasteiger partial charge in [-0.1, -0.05) is 0 Å². The van der Waals surface area contributed by atoms with Crippen molar-refractivity contribution in [1.82, 2.24) is 4.31 Å². The zero-order chi connectivity index (χ0) is 12.7. The van der Waals surface area contributed by atoms with E-state index >= 15 is 0 Å². The Labute approximate surface area is 100 Å². The van der Waals surface area contributed by atoms with Gasteiger partial charge >= 0.3 is 0 Å². The number of nitrogens with two attached hydrogens (primary N) is 2. The zero-order valence-corrected chi connectivity index (χ0v) is 11.4. The normalized spacial score (nSPS) is 13.3. The maximum absolute atomic E-state index is 12.2. The number of nitrogen functional groups attached to an aromatic ring is 2. The molecule has 7 heteroatoms. The van der Waals surface area contributed by atoms with Crippen LogP contribution in [-0.2, 0) is 10.0 Å². The molecule has 0 aliphatic carbocycles. The van der Waals surface area contributed by atoms with E-state index in [9.17, 15) is 8.42 Å². The molecule has 0 bridgehead atoms. The van der Waals surface area contributed by atoms with Crippen molar-refractivity contribution in [3.05, 3.63) is 5.38 Å². The van der Waals surface area contributed by atoms with E-state index < -0.39 is 15.6 Å². The van der Waals surface area contributed by atoms with Crippen LogP contribution in [0.25, 0.3) is 0 Å². The highest BCUT2D eigenvalue weighted by molar-refractivity contribution is 7.91. The predicted octanol–water partition coefficient (Wildman–Crippen LogP) is 1.33. The number of hydrogen-bond donors (Lipinski definition) is 2. The molecule has 1 heterocycles. The number of hydrogen-bond acceptors (Lipinski definition) is 5. The van der Waals surface area contributed by atoms with Crippen LogP contribution >= 0.6 is 11.3 Å². The molecule has 5 nitrogen and oxygen atoms in total. The minimum Gasteiger partial charge on any atom is -0.396 e. The molecule has 1 aromatic rings. The van der Waals surface area contributed by atoms with E-state index in [0.29, 0.717) is 5.69 Å². The van der Waals surface area contributed by atoms with E-state index in [1.807, 2.05) is 20.8 Å². The van der Waals surface area contributed by atoms with Crippen molar-refractivity contribution in [2.24, 2.45) is 0 Å². The van der Waals surface area contributed by atoms with Gasteiger partial charge in [-0.25, -0.2) is 8.42 Å². The van der Waals surface area contributed by atoms with Crippen LogP contribution in [0.4, 0.5) is 11.4 Å². The summed E-state index contributed by atoms with van der Waals surface area (Å²) in [4.78, 5) is 0. The number of sulfonamides is 1. The lowest BCUT2D eigenvalue weighted by atomic mass is 10.1. The molecule has 0 radical (unpaired) electrons. The van der Waals surface area contributed by atoms with Gasteiger partial charge in [-0.2, -0.15) is 4.31 Å². The summed E-state index contributed by atoms with van der Waals surface area (Å²) in [6, 6.07) is 0. The van der Waals surface area contributed by atoms with Gasteiger partial charge in [0.1, 0.15) is 0 Å². The van der Waals surface area contributed by atoms with Crippen LogP contribution in [0.1, 0.15) is 20.8 Å². The lowest BCUT2D eigenvalue weighted by Crippen LogP contribution is -2.42. The first kappa shape index (κ1) is 13.3. The molecule has 1 rings (SSSR count). The van der Waals surface area contributed by atoms with Gasteiger partial charge in [0.25, 0.3) is 10.0 Å². The molecule has 0 aromatic carbocycles. The molecule has 0 aliphatic rings. The number of nitrogens with zero attached hydrogens (tertiary/aromatic N) is 1. The van der Waals surface area contributed by atoms with Crippen molar-refractivity contribution in [2.45, 2.75) is 30.5 Å². The Morgan fingerprint density at radius 1 is 1.31 bits per heavy atom. The van der Waals surface area contributed by atoms with E-state index in [1.54, 1.807) is 5.38 Å². The van der Waals surface area contributed by atoms with Crippen molar-refractivity contribution < 1.29 is 8.42 Å². The molecule has 0 spiro atoms. The van der Waals surface area contributed by atoms with Crippen molar-refractivity contribution in [2.75, 3.05) is 18.5 Å². The third-order valence-corrected chi connectivity index (χ3v) is 6.05. The van der Waals surface area contributed by atoms with Gasteiger partial charge in [-0.3, -0.25) is 0 Å². The van der Waals surface area contributed by atoms with Gasteiger partial charge < -0.3 is 11.5 Å². The Morgan fingerprint density at radius 3 is 2.12 bits per heavy atom. The summed E-state index contributed by atoms with van der Waals surface area (Å²) < 4.78 is 25.8. The molecule has 0 saturated carbocycles. The first-order valence-electron chi connectivity index (χ1n) is 4.70. The fourth-order valence-corrected chi connectivity index (χ4v) is 3.98. The van der Waals surface area contributed by atoms with Gasteiger partial charge in [-0.05, 0) is 20.8 Å². The molecule has 0 saturated heterocycles. The summed E-state index contributed by atoms with van der Waals surface area (Å²) in [7, 11) is -2.03. The third-order valence-electron chi connectivity index (χ3n) is 2.36. The van der Waals surface area contributed by atoms with Crippen LogP contribution in [0, 0.1) is 0 Å². The topological polar surface area (TPSA) is 89.4 Å². The Morgan fingerprint density at radius 2 is 1.81 bits per heavy atom. The fourth-order valence-electron chi connectivity index (χ4n) is 1.05. The highest BCUT2D eigenvalue weighted by Crippen LogP contribution is 2.35. The van der Waals surface area contributed by atoms with Gasteiger partial charge in [0, 0.05) is 18.0 Å². The molecule has 0 atom stereocenters. The van der Waals surface area contributed by atoms with Crippen LogP contribution in [0.5, 0.6) is 0 Å². The smallest absolute Gasteiger partial charge is 0.254 e. The van der Waals surface area contributed by atoms with Crippen molar-refractivity contribution in [3.63, 3.8) is 0 Å². The molecule has 0 fully saturated rings. The maximum atomic E-state index is 12.2. The summed E-state index contributed by atoms with van der Waals surface area (Å²) in [5, 5.41) is 1.54. The van der Waals surface area contributed by atoms with Crippen LogP contribution < -0.4 is 11.5 Å². The van der Waals surface area contributed by atoms with Crippen LogP contribution in [0.2, 0.25) is 0 Å². The van der Waals surface area contributed by atoms with Crippen molar-refractivity contribution in [1.29, 1.82) is 0 Å². The highest BCUT2D eigenvalue weighted by atomic mass is 32.2. The minimum atomic E-state index is -3.56. The Balaban J connectivity index is 3.28. The summed E-state index contributed by atoms with van der Waals surface area (Å²) >= 11 is 1.05. The van der Waals surface area contributed by atoms with Gasteiger partial charge in [0.2, 0.25) is 0 Å². The van der Waals surface area contributed by atoms with Crippen LogP contribution in [0.3, 0.4) is 0 Å². The molecule has 0 aliphatic heterocycles. The molecule has 1 aromatic heterocycles. The molecule has 4 N–H and O–H groups in total. The average molecular weight is 263 g/mol. The summed E-state index contributed by atoms with van der Waals surface area (Å²) in [5.41, 5.74) is 11.2. The van der Waals surface area contributed by atoms with Crippen molar-refractivity contribution >= 4 is 32.7 Å². The second-order valence-corrected chi connectivity index (χ2v) is 7.58. The molecular weight excluding hydrogens is 246 g/mol. The van der Waals surface area contributed by atoms with Gasteiger partial charge in [-0.15, -0.1) is 11.3 Å². The van der Waals surface area contributed by atoms with Crippen LogP contribution in [0.15, 0.2) is 9.59 Å². The second kappa shape index (κ2) is 3.90. The molecule has 0 unspecified atom stereocenters. The standard InChI is InChI=1S/C9H17N3O2S2/c1-9(2,3)12(4)16(13,14)8-7(11)6(10)5-15-8/h5H,10-11H2,1-4H3. The fraction of sp³-hybridized carbons (Fsp3) is 0.556. The maximum Gasteiger partial charge on any atom is 0.254 e. The quantitative estimate of drug-likeness (QED) is 0.842. The highest BCUT2D eigenvalue weighted by Gasteiger charge is 2.33. The summed E-state index contributed by atoms with van der Waals surface area (Å²) in [6.45, 7) is 5.45. The van der Waals surface area contributed by atoms with Crippen LogP contribution in [-0.4, -0.2) is 25.3 Å². The first-order chi connectivity index (χ1) is 7.08. The zero-order valence-electron chi connectivity index (χ0n) is 9.81. The largest absolute Gasteiger partial charge is 0.396 e. The summed E-state index contributed by atoms with van der Waals surface area (Å²) in [5.74, 6) is 0. The first-order valence-corrected chi connectivity index (χ1v) is 7.02. The van der Waals surface area contributed by atoms with Gasteiger partial charge in [0.05, 0.1) is 11.4 Å². The third kappa shape index (κ3) is 2.16. The predicted molar refractivity (Wildman–Crippen MR) is 67.8 cm³/mol.